The molecule has 16 heavy (non-hydrogen) atoms. The van der Waals surface area contributed by atoms with Crippen molar-refractivity contribution in [3.63, 3.8) is 0 Å². The number of benzene rings is 1. The largest absolute Gasteiger partial charge is 0.345 e. The molecular formula is C10H13N3O2S. The second-order valence-electron chi connectivity index (χ2n) is 3.67. The molecule has 0 aliphatic carbocycles. The normalized spacial score (nSPS) is 12.1. The Hall–Kier alpha value is -1.40. The van der Waals surface area contributed by atoms with E-state index in [-0.39, 0.29) is 0 Å². The minimum absolute atomic E-state index is 0.415. The summed E-state index contributed by atoms with van der Waals surface area (Å²) < 4.78 is 24.2. The third kappa shape index (κ3) is 2.80. The lowest BCUT2D eigenvalue weighted by atomic mass is 10.1. The molecule has 2 aromatic rings. The van der Waals surface area contributed by atoms with Crippen LogP contribution in [0, 0.1) is 0 Å². The lowest BCUT2D eigenvalue weighted by Gasteiger charge is -2.02. The van der Waals surface area contributed by atoms with Gasteiger partial charge >= 0.3 is 0 Å². The van der Waals surface area contributed by atoms with Crippen molar-refractivity contribution < 1.29 is 8.42 Å². The first-order valence-corrected chi connectivity index (χ1v) is 6.80. The lowest BCUT2D eigenvalue weighted by Crippen LogP contribution is -2.24. The monoisotopic (exact) mass is 239 g/mol. The van der Waals surface area contributed by atoms with E-state index in [1.165, 1.54) is 0 Å². The summed E-state index contributed by atoms with van der Waals surface area (Å²) in [5, 5.41) is 0. The van der Waals surface area contributed by atoms with Crippen LogP contribution >= 0.6 is 0 Å². The third-order valence-corrected chi connectivity index (χ3v) is 2.99. The molecular weight excluding hydrogens is 226 g/mol. The molecule has 0 radical (unpaired) electrons. The van der Waals surface area contributed by atoms with Gasteiger partial charge in [-0.2, -0.15) is 0 Å². The number of aromatic amines is 1. The maximum absolute atomic E-state index is 10.9. The summed E-state index contributed by atoms with van der Waals surface area (Å²) in [6.45, 7) is 0.415. The molecule has 0 unspecified atom stereocenters. The van der Waals surface area contributed by atoms with Crippen LogP contribution in [0.15, 0.2) is 24.5 Å². The summed E-state index contributed by atoms with van der Waals surface area (Å²) in [5.74, 6) is 0. The molecule has 1 heterocycles. The van der Waals surface area contributed by atoms with Crippen LogP contribution in [0.2, 0.25) is 0 Å². The number of nitrogens with zero attached hydrogens (tertiary/aromatic N) is 1. The van der Waals surface area contributed by atoms with Crippen molar-refractivity contribution in [3.8, 4) is 0 Å². The Labute approximate surface area is 93.9 Å². The average Bonchev–Trinajstić information content (AvgIpc) is 2.62. The van der Waals surface area contributed by atoms with Crippen molar-refractivity contribution in [3.05, 3.63) is 30.1 Å². The van der Waals surface area contributed by atoms with Crippen LogP contribution in [0.1, 0.15) is 5.56 Å². The molecule has 0 spiro atoms. The molecule has 5 nitrogen and oxygen atoms in total. The standard InChI is InChI=1S/C10H13N3O2S/c1-16(14,15)13-5-4-8-2-3-9-10(6-8)12-7-11-9/h2-3,6-7,13H,4-5H2,1H3,(H,11,12). The van der Waals surface area contributed by atoms with Gasteiger partial charge in [0.05, 0.1) is 23.6 Å². The van der Waals surface area contributed by atoms with Crippen LogP contribution in [0.4, 0.5) is 0 Å². The Kier molecular flexibility index (Phi) is 2.93. The molecule has 0 atom stereocenters. The molecule has 2 rings (SSSR count). The van der Waals surface area contributed by atoms with E-state index in [0.717, 1.165) is 22.9 Å². The number of sulfonamides is 1. The molecule has 0 amide bonds. The predicted molar refractivity (Wildman–Crippen MR) is 62.6 cm³/mol. The molecule has 0 saturated heterocycles. The molecule has 0 fully saturated rings. The smallest absolute Gasteiger partial charge is 0.208 e. The Bertz CT molecular complexity index is 589. The van der Waals surface area contributed by atoms with Crippen LogP contribution in [0.5, 0.6) is 0 Å². The van der Waals surface area contributed by atoms with Gasteiger partial charge in [0, 0.05) is 6.54 Å². The topological polar surface area (TPSA) is 74.8 Å². The van der Waals surface area contributed by atoms with Gasteiger partial charge in [-0.05, 0) is 24.1 Å². The minimum atomic E-state index is -3.10. The van der Waals surface area contributed by atoms with Gasteiger partial charge in [0.2, 0.25) is 10.0 Å². The number of rotatable bonds is 4. The maximum atomic E-state index is 10.9. The van der Waals surface area contributed by atoms with E-state index in [1.54, 1.807) is 6.33 Å². The average molecular weight is 239 g/mol. The number of hydrogen-bond acceptors (Lipinski definition) is 3. The fourth-order valence-corrected chi connectivity index (χ4v) is 1.99. The maximum Gasteiger partial charge on any atom is 0.208 e. The van der Waals surface area contributed by atoms with Crippen LogP contribution in [-0.4, -0.2) is 31.2 Å². The van der Waals surface area contributed by atoms with Gasteiger partial charge in [-0.1, -0.05) is 6.07 Å². The van der Waals surface area contributed by atoms with Gasteiger partial charge in [0.25, 0.3) is 0 Å². The lowest BCUT2D eigenvalue weighted by molar-refractivity contribution is 0.588. The third-order valence-electron chi connectivity index (χ3n) is 2.26. The summed E-state index contributed by atoms with van der Waals surface area (Å²) in [6, 6.07) is 5.85. The van der Waals surface area contributed by atoms with Gasteiger partial charge in [-0.15, -0.1) is 0 Å². The van der Waals surface area contributed by atoms with Crippen molar-refractivity contribution in [1.82, 2.24) is 14.7 Å². The minimum Gasteiger partial charge on any atom is -0.345 e. The molecule has 1 aromatic carbocycles. The van der Waals surface area contributed by atoms with Gasteiger partial charge in [-0.3, -0.25) is 0 Å². The van der Waals surface area contributed by atoms with Crippen molar-refractivity contribution in [2.24, 2.45) is 0 Å². The summed E-state index contributed by atoms with van der Waals surface area (Å²) in [7, 11) is -3.10. The summed E-state index contributed by atoms with van der Waals surface area (Å²) in [4.78, 5) is 7.13. The van der Waals surface area contributed by atoms with Crippen molar-refractivity contribution >= 4 is 21.1 Å². The molecule has 0 saturated carbocycles. The van der Waals surface area contributed by atoms with Crippen LogP contribution in [0.25, 0.3) is 11.0 Å². The van der Waals surface area contributed by atoms with Crippen LogP contribution in [-0.2, 0) is 16.4 Å². The summed E-state index contributed by atoms with van der Waals surface area (Å²) in [5.41, 5.74) is 2.96. The molecule has 2 N–H and O–H groups in total. The predicted octanol–water partition coefficient (Wildman–Crippen LogP) is 0.655. The Balaban J connectivity index is 2.04. The zero-order valence-corrected chi connectivity index (χ0v) is 9.71. The van der Waals surface area contributed by atoms with Gasteiger partial charge in [0.15, 0.2) is 0 Å². The van der Waals surface area contributed by atoms with Gasteiger partial charge in [0.1, 0.15) is 0 Å². The van der Waals surface area contributed by atoms with E-state index < -0.39 is 10.0 Å². The quantitative estimate of drug-likeness (QED) is 0.822. The number of H-pyrrole nitrogens is 1. The molecule has 86 valence electrons. The SMILES string of the molecule is CS(=O)(=O)NCCc1ccc2nc[nH]c2c1. The first-order chi connectivity index (χ1) is 7.54. The Morgan fingerprint density at radius 1 is 1.44 bits per heavy atom. The zero-order chi connectivity index (χ0) is 11.6. The highest BCUT2D eigenvalue weighted by molar-refractivity contribution is 7.88. The molecule has 6 heteroatoms. The fraction of sp³-hybridized carbons (Fsp3) is 0.300. The number of imidazole rings is 1. The second-order valence-corrected chi connectivity index (χ2v) is 5.50. The van der Waals surface area contributed by atoms with E-state index in [0.29, 0.717) is 13.0 Å². The van der Waals surface area contributed by atoms with E-state index in [4.69, 9.17) is 0 Å². The fourth-order valence-electron chi connectivity index (χ4n) is 1.52. The molecule has 0 bridgehead atoms. The number of aromatic nitrogens is 2. The zero-order valence-electron chi connectivity index (χ0n) is 8.90. The molecule has 0 aliphatic heterocycles. The highest BCUT2D eigenvalue weighted by atomic mass is 32.2. The van der Waals surface area contributed by atoms with Gasteiger partial charge < -0.3 is 4.98 Å². The first-order valence-electron chi connectivity index (χ1n) is 4.91. The number of fused-ring (bicyclic) bond motifs is 1. The Morgan fingerprint density at radius 2 is 2.25 bits per heavy atom. The molecule has 0 aliphatic rings. The first kappa shape index (κ1) is 11.1. The summed E-state index contributed by atoms with van der Waals surface area (Å²) >= 11 is 0. The van der Waals surface area contributed by atoms with E-state index in [1.807, 2.05) is 18.2 Å². The number of hydrogen-bond donors (Lipinski definition) is 2. The van der Waals surface area contributed by atoms with Crippen molar-refractivity contribution in [1.29, 1.82) is 0 Å². The van der Waals surface area contributed by atoms with E-state index in [2.05, 4.69) is 14.7 Å². The highest BCUT2D eigenvalue weighted by Gasteiger charge is 2.01. The Morgan fingerprint density at radius 3 is 3.00 bits per heavy atom. The van der Waals surface area contributed by atoms with Gasteiger partial charge in [-0.25, -0.2) is 18.1 Å². The van der Waals surface area contributed by atoms with Crippen molar-refractivity contribution in [2.45, 2.75) is 6.42 Å². The highest BCUT2D eigenvalue weighted by Crippen LogP contribution is 2.11. The van der Waals surface area contributed by atoms with Crippen molar-refractivity contribution in [2.75, 3.05) is 12.8 Å². The second kappa shape index (κ2) is 4.23. The van der Waals surface area contributed by atoms with Crippen LogP contribution < -0.4 is 4.72 Å². The number of nitrogens with one attached hydrogen (secondary N) is 2. The summed E-state index contributed by atoms with van der Waals surface area (Å²) in [6.07, 6.45) is 3.47. The molecule has 1 aromatic heterocycles. The van der Waals surface area contributed by atoms with E-state index in [9.17, 15) is 8.42 Å². The van der Waals surface area contributed by atoms with E-state index >= 15 is 0 Å². The van der Waals surface area contributed by atoms with Crippen LogP contribution in [0.3, 0.4) is 0 Å².